The predicted molar refractivity (Wildman–Crippen MR) is 84.7 cm³/mol. The van der Waals surface area contributed by atoms with Crippen molar-refractivity contribution in [3.8, 4) is 5.75 Å². The molecule has 118 valence electrons. The number of thiophene rings is 1. The summed E-state index contributed by atoms with van der Waals surface area (Å²) in [5.41, 5.74) is 0.112. The summed E-state index contributed by atoms with van der Waals surface area (Å²) in [6.45, 7) is 2.13. The zero-order chi connectivity index (χ0) is 16.3. The molecular formula is C13H12ClNO5S2. The van der Waals surface area contributed by atoms with Gasteiger partial charge in [0.2, 0.25) is 0 Å². The van der Waals surface area contributed by atoms with Gasteiger partial charge in [-0.1, -0.05) is 11.6 Å². The molecule has 0 atom stereocenters. The second kappa shape index (κ2) is 6.55. The van der Waals surface area contributed by atoms with Gasteiger partial charge in [-0.3, -0.25) is 4.72 Å². The zero-order valence-corrected chi connectivity index (χ0v) is 13.8. The van der Waals surface area contributed by atoms with E-state index in [4.69, 9.17) is 21.4 Å². The predicted octanol–water partition coefficient (Wildman–Crippen LogP) is 3.30. The molecule has 6 nitrogen and oxygen atoms in total. The summed E-state index contributed by atoms with van der Waals surface area (Å²) in [6.07, 6.45) is 0. The number of hydrogen-bond acceptors (Lipinski definition) is 5. The van der Waals surface area contributed by atoms with Gasteiger partial charge in [0.05, 0.1) is 17.9 Å². The van der Waals surface area contributed by atoms with Crippen LogP contribution in [-0.4, -0.2) is 26.1 Å². The average Bonchev–Trinajstić information content (AvgIpc) is 2.92. The highest BCUT2D eigenvalue weighted by molar-refractivity contribution is 7.94. The topological polar surface area (TPSA) is 92.7 Å². The first-order valence-electron chi connectivity index (χ1n) is 6.10. The molecule has 0 bridgehead atoms. The number of carboxylic acids is 1. The van der Waals surface area contributed by atoms with E-state index in [9.17, 15) is 13.2 Å². The van der Waals surface area contributed by atoms with Crippen LogP contribution in [0.25, 0.3) is 0 Å². The molecule has 1 aromatic carbocycles. The van der Waals surface area contributed by atoms with E-state index < -0.39 is 16.0 Å². The number of halogens is 1. The first kappa shape index (κ1) is 16.6. The Morgan fingerprint density at radius 2 is 2.14 bits per heavy atom. The van der Waals surface area contributed by atoms with Gasteiger partial charge in [0.25, 0.3) is 10.0 Å². The monoisotopic (exact) mass is 361 g/mol. The van der Waals surface area contributed by atoms with Gasteiger partial charge in [-0.05, 0) is 31.2 Å². The van der Waals surface area contributed by atoms with Crippen molar-refractivity contribution < 1.29 is 23.1 Å². The third-order valence-corrected chi connectivity index (χ3v) is 5.61. The van der Waals surface area contributed by atoms with Crippen LogP contribution in [0.1, 0.15) is 17.3 Å². The molecule has 0 fully saturated rings. The van der Waals surface area contributed by atoms with E-state index in [1.165, 1.54) is 11.4 Å². The maximum atomic E-state index is 12.3. The van der Waals surface area contributed by atoms with Crippen molar-refractivity contribution in [1.29, 1.82) is 0 Å². The quantitative estimate of drug-likeness (QED) is 0.823. The molecule has 0 amide bonds. The molecule has 2 N–H and O–H groups in total. The van der Waals surface area contributed by atoms with E-state index in [-0.39, 0.29) is 15.5 Å². The van der Waals surface area contributed by atoms with Crippen molar-refractivity contribution in [2.45, 2.75) is 11.1 Å². The van der Waals surface area contributed by atoms with Crippen LogP contribution < -0.4 is 9.46 Å². The number of nitrogens with one attached hydrogen (secondary N) is 1. The highest BCUT2D eigenvalue weighted by Gasteiger charge is 2.20. The first-order valence-corrected chi connectivity index (χ1v) is 8.84. The molecule has 2 aromatic rings. The number of carbonyl (C=O) groups is 1. The summed E-state index contributed by atoms with van der Waals surface area (Å²) in [4.78, 5) is 10.8. The molecule has 9 heteroatoms. The molecule has 0 aliphatic heterocycles. The smallest absolute Gasteiger partial charge is 0.336 e. The van der Waals surface area contributed by atoms with Gasteiger partial charge in [-0.15, -0.1) is 11.3 Å². The van der Waals surface area contributed by atoms with E-state index in [0.717, 1.165) is 17.4 Å². The lowest BCUT2D eigenvalue weighted by atomic mass is 10.3. The number of rotatable bonds is 6. The SMILES string of the molecule is CCOc1ccc(Cl)cc1NS(=O)(=O)c1cc(C(=O)O)cs1. The number of sulfonamides is 1. The van der Waals surface area contributed by atoms with Crippen LogP contribution in [0.5, 0.6) is 5.75 Å². The highest BCUT2D eigenvalue weighted by Crippen LogP contribution is 2.31. The molecule has 22 heavy (non-hydrogen) atoms. The zero-order valence-electron chi connectivity index (χ0n) is 11.4. The minimum absolute atomic E-state index is 0.0819. The highest BCUT2D eigenvalue weighted by atomic mass is 35.5. The molecular weight excluding hydrogens is 350 g/mol. The Balaban J connectivity index is 2.35. The number of hydrogen-bond donors (Lipinski definition) is 2. The molecule has 1 heterocycles. The Bertz CT molecular complexity index is 801. The average molecular weight is 362 g/mol. The van der Waals surface area contributed by atoms with Crippen molar-refractivity contribution in [3.05, 3.63) is 40.2 Å². The van der Waals surface area contributed by atoms with Crippen molar-refractivity contribution in [2.75, 3.05) is 11.3 Å². The minimum Gasteiger partial charge on any atom is -0.492 e. The molecule has 2 rings (SSSR count). The minimum atomic E-state index is -3.92. The van der Waals surface area contributed by atoms with Gasteiger partial charge >= 0.3 is 5.97 Å². The normalized spacial score (nSPS) is 11.2. The van der Waals surface area contributed by atoms with Crippen LogP contribution in [0, 0.1) is 0 Å². The van der Waals surface area contributed by atoms with Gasteiger partial charge in [0.15, 0.2) is 0 Å². The number of carboxylic acid groups (broad SMARTS) is 1. The van der Waals surface area contributed by atoms with Gasteiger partial charge < -0.3 is 9.84 Å². The second-order valence-electron chi connectivity index (χ2n) is 4.14. The molecule has 0 saturated carbocycles. The Morgan fingerprint density at radius 3 is 2.73 bits per heavy atom. The molecule has 0 unspecified atom stereocenters. The van der Waals surface area contributed by atoms with Crippen molar-refractivity contribution in [3.63, 3.8) is 0 Å². The Labute approximate surface area is 136 Å². The Kier molecular flexibility index (Phi) is 4.94. The molecule has 1 aromatic heterocycles. The van der Waals surface area contributed by atoms with E-state index in [0.29, 0.717) is 17.4 Å². The molecule has 0 saturated heterocycles. The van der Waals surface area contributed by atoms with Gasteiger partial charge in [-0.25, -0.2) is 13.2 Å². The van der Waals surface area contributed by atoms with E-state index in [2.05, 4.69) is 4.72 Å². The fourth-order valence-electron chi connectivity index (χ4n) is 1.63. The van der Waals surface area contributed by atoms with Crippen molar-refractivity contribution in [1.82, 2.24) is 0 Å². The number of anilines is 1. The molecule has 0 aliphatic rings. The maximum Gasteiger partial charge on any atom is 0.336 e. The number of aromatic carboxylic acids is 1. The lowest BCUT2D eigenvalue weighted by Gasteiger charge is -2.12. The van der Waals surface area contributed by atoms with Crippen LogP contribution in [0.15, 0.2) is 33.9 Å². The fourth-order valence-corrected chi connectivity index (χ4v) is 4.01. The van der Waals surface area contributed by atoms with Gasteiger partial charge in [0, 0.05) is 10.4 Å². The summed E-state index contributed by atoms with van der Waals surface area (Å²) in [6, 6.07) is 5.66. The largest absolute Gasteiger partial charge is 0.492 e. The van der Waals surface area contributed by atoms with Crippen LogP contribution >= 0.6 is 22.9 Å². The molecule has 0 radical (unpaired) electrons. The summed E-state index contributed by atoms with van der Waals surface area (Å²) < 4.78 is 32.2. The summed E-state index contributed by atoms with van der Waals surface area (Å²) in [5.74, 6) is -0.846. The number of ether oxygens (including phenoxy) is 1. The maximum absolute atomic E-state index is 12.3. The molecule has 0 spiro atoms. The van der Waals surface area contributed by atoms with E-state index >= 15 is 0 Å². The third-order valence-electron chi connectivity index (χ3n) is 2.57. The Hall–Kier alpha value is -1.77. The summed E-state index contributed by atoms with van der Waals surface area (Å²) in [5, 5.41) is 10.5. The van der Waals surface area contributed by atoms with Crippen molar-refractivity contribution in [2.24, 2.45) is 0 Å². The van der Waals surface area contributed by atoms with Gasteiger partial charge in [0.1, 0.15) is 9.96 Å². The van der Waals surface area contributed by atoms with Crippen LogP contribution in [0.2, 0.25) is 5.02 Å². The number of benzene rings is 1. The summed E-state index contributed by atoms with van der Waals surface area (Å²) >= 11 is 6.69. The van der Waals surface area contributed by atoms with Gasteiger partial charge in [-0.2, -0.15) is 0 Å². The van der Waals surface area contributed by atoms with Crippen molar-refractivity contribution >= 4 is 44.6 Å². The first-order chi connectivity index (χ1) is 10.3. The fraction of sp³-hybridized carbons (Fsp3) is 0.154. The lowest BCUT2D eigenvalue weighted by Crippen LogP contribution is -2.12. The van der Waals surface area contributed by atoms with Crippen LogP contribution in [0.4, 0.5) is 5.69 Å². The molecule has 0 aliphatic carbocycles. The summed E-state index contributed by atoms with van der Waals surface area (Å²) in [7, 11) is -3.92. The standard InChI is InChI=1S/C13H12ClNO5S2/c1-2-20-11-4-3-9(14)6-10(11)15-22(18,19)12-5-8(7-21-12)13(16)17/h3-7,15H,2H2,1H3,(H,16,17). The van der Waals surface area contributed by atoms with Crippen LogP contribution in [0.3, 0.4) is 0 Å². The van der Waals surface area contributed by atoms with E-state index in [1.807, 2.05) is 0 Å². The van der Waals surface area contributed by atoms with Crippen LogP contribution in [-0.2, 0) is 10.0 Å². The Morgan fingerprint density at radius 1 is 1.41 bits per heavy atom. The second-order valence-corrected chi connectivity index (χ2v) is 7.40. The lowest BCUT2D eigenvalue weighted by molar-refractivity contribution is 0.0697. The third kappa shape index (κ3) is 3.70. The van der Waals surface area contributed by atoms with E-state index in [1.54, 1.807) is 19.1 Å².